The Bertz CT molecular complexity index is 851. The second kappa shape index (κ2) is 15.7. The van der Waals surface area contributed by atoms with Gasteiger partial charge in [-0.1, -0.05) is 78.2 Å². The standard InChI is InChI=1S/C19H26F3N3.C6H10.C4H10/c1-4-10-25(11-9-14(3)5-2)18-23-13-17(24-18)15-7-6-8-16(12-15)19(20,21)22;1-5(2)6-3-4-6;1-3-4-2/h6-8,12-14H,4-5,9-11H2,1-3H3,(H,23,24);6H,1,3-4H2,2H3;3-4H2,1-2H3. The highest BCUT2D eigenvalue weighted by Crippen LogP contribution is 2.34. The van der Waals surface area contributed by atoms with Gasteiger partial charge in [0.2, 0.25) is 5.95 Å². The molecule has 0 spiro atoms. The van der Waals surface area contributed by atoms with Crippen molar-refractivity contribution in [3.63, 3.8) is 0 Å². The van der Waals surface area contributed by atoms with Gasteiger partial charge in [0, 0.05) is 18.7 Å². The molecule has 3 rings (SSSR count). The van der Waals surface area contributed by atoms with E-state index >= 15 is 0 Å². The first-order chi connectivity index (χ1) is 16.6. The number of aromatic amines is 1. The van der Waals surface area contributed by atoms with E-state index in [9.17, 15) is 13.2 Å². The van der Waals surface area contributed by atoms with Gasteiger partial charge in [0.1, 0.15) is 0 Å². The highest BCUT2D eigenvalue weighted by Gasteiger charge is 2.30. The number of nitrogens with one attached hydrogen (secondary N) is 1. The van der Waals surface area contributed by atoms with Crippen molar-refractivity contribution >= 4 is 5.95 Å². The Morgan fingerprint density at radius 1 is 1.11 bits per heavy atom. The Hall–Kier alpha value is -2.24. The molecule has 1 N–H and O–H groups in total. The van der Waals surface area contributed by atoms with E-state index in [1.165, 1.54) is 37.3 Å². The average Bonchev–Trinajstić information content (AvgIpc) is 3.59. The van der Waals surface area contributed by atoms with E-state index in [1.807, 2.05) is 0 Å². The molecule has 3 nitrogen and oxygen atoms in total. The first kappa shape index (κ1) is 30.8. The molecule has 35 heavy (non-hydrogen) atoms. The fraction of sp³-hybridized carbons (Fsp3) is 0.621. The van der Waals surface area contributed by atoms with Crippen LogP contribution in [0.4, 0.5) is 19.1 Å². The molecular weight excluding hydrogens is 447 g/mol. The summed E-state index contributed by atoms with van der Waals surface area (Å²) in [5, 5.41) is 0. The molecule has 1 atom stereocenters. The molecule has 1 heterocycles. The molecule has 0 saturated heterocycles. The number of allylic oxidation sites excluding steroid dienone is 1. The number of rotatable bonds is 10. The van der Waals surface area contributed by atoms with Gasteiger partial charge in [0.25, 0.3) is 0 Å². The smallest absolute Gasteiger partial charge is 0.342 e. The molecule has 1 saturated carbocycles. The van der Waals surface area contributed by atoms with Crippen LogP contribution < -0.4 is 4.90 Å². The Balaban J connectivity index is 0.000000508. The van der Waals surface area contributed by atoms with Crippen molar-refractivity contribution in [2.75, 3.05) is 18.0 Å². The van der Waals surface area contributed by atoms with E-state index in [1.54, 1.807) is 12.3 Å². The minimum absolute atomic E-state index is 0.493. The number of benzene rings is 1. The average molecular weight is 494 g/mol. The van der Waals surface area contributed by atoms with Crippen LogP contribution in [0.15, 0.2) is 42.6 Å². The van der Waals surface area contributed by atoms with Crippen molar-refractivity contribution in [3.8, 4) is 11.3 Å². The molecule has 0 amide bonds. The summed E-state index contributed by atoms with van der Waals surface area (Å²) in [5.74, 6) is 2.26. The summed E-state index contributed by atoms with van der Waals surface area (Å²) in [6, 6.07) is 5.32. The molecule has 1 aromatic heterocycles. The van der Waals surface area contributed by atoms with Crippen LogP contribution in [0, 0.1) is 11.8 Å². The highest BCUT2D eigenvalue weighted by atomic mass is 19.4. The zero-order valence-corrected chi connectivity index (χ0v) is 22.6. The Kier molecular flexibility index (Phi) is 13.8. The van der Waals surface area contributed by atoms with Gasteiger partial charge in [0.05, 0.1) is 17.5 Å². The van der Waals surface area contributed by atoms with E-state index in [-0.39, 0.29) is 0 Å². The zero-order valence-electron chi connectivity index (χ0n) is 22.6. The molecule has 1 aromatic carbocycles. The summed E-state index contributed by atoms with van der Waals surface area (Å²) in [6.45, 7) is 18.5. The van der Waals surface area contributed by atoms with Gasteiger partial charge in [0.15, 0.2) is 0 Å². The predicted molar refractivity (Wildman–Crippen MR) is 144 cm³/mol. The van der Waals surface area contributed by atoms with Gasteiger partial charge in [-0.25, -0.2) is 4.98 Å². The molecule has 6 heteroatoms. The zero-order chi connectivity index (χ0) is 26.4. The monoisotopic (exact) mass is 493 g/mol. The maximum atomic E-state index is 12.9. The van der Waals surface area contributed by atoms with Gasteiger partial charge in [-0.3, -0.25) is 0 Å². The fourth-order valence-electron chi connectivity index (χ4n) is 3.23. The topological polar surface area (TPSA) is 31.9 Å². The fourth-order valence-corrected chi connectivity index (χ4v) is 3.23. The van der Waals surface area contributed by atoms with Crippen LogP contribution in [-0.2, 0) is 6.18 Å². The number of H-pyrrole nitrogens is 1. The number of unbranched alkanes of at least 4 members (excludes halogenated alkanes) is 1. The number of nitrogens with zero attached hydrogens (tertiary/aromatic N) is 2. The SMILES string of the molecule is C=C(C)C1CC1.CCCC.CCCN(CCC(C)CC)c1ncc(-c2cccc(C(F)(F)F)c2)[nH]1. The second-order valence-electron chi connectivity index (χ2n) is 9.61. The summed E-state index contributed by atoms with van der Waals surface area (Å²) in [5.41, 5.74) is 1.82. The minimum Gasteiger partial charge on any atom is -0.342 e. The Labute approximate surface area is 211 Å². The van der Waals surface area contributed by atoms with Gasteiger partial charge in [-0.2, -0.15) is 13.2 Å². The normalized spacial score (nSPS) is 13.7. The van der Waals surface area contributed by atoms with Crippen LogP contribution in [-0.4, -0.2) is 23.1 Å². The lowest BCUT2D eigenvalue weighted by Crippen LogP contribution is -2.27. The maximum Gasteiger partial charge on any atom is 0.416 e. The number of imidazole rings is 1. The molecule has 0 bridgehead atoms. The number of alkyl halides is 3. The lowest BCUT2D eigenvalue weighted by Gasteiger charge is -2.22. The molecule has 2 aromatic rings. The van der Waals surface area contributed by atoms with Crippen molar-refractivity contribution in [2.24, 2.45) is 11.8 Å². The predicted octanol–water partition coefficient (Wildman–Crippen LogP) is 9.53. The van der Waals surface area contributed by atoms with E-state index in [4.69, 9.17) is 0 Å². The molecule has 1 unspecified atom stereocenters. The quantitative estimate of drug-likeness (QED) is 0.334. The third-order valence-corrected chi connectivity index (χ3v) is 6.22. The van der Waals surface area contributed by atoms with E-state index in [0.29, 0.717) is 17.2 Å². The van der Waals surface area contributed by atoms with Crippen molar-refractivity contribution in [1.82, 2.24) is 9.97 Å². The van der Waals surface area contributed by atoms with E-state index in [0.717, 1.165) is 56.4 Å². The summed E-state index contributed by atoms with van der Waals surface area (Å²) in [6.07, 6.45) is 5.88. The third kappa shape index (κ3) is 11.8. The Morgan fingerprint density at radius 3 is 2.23 bits per heavy atom. The lowest BCUT2D eigenvalue weighted by atomic mass is 10.1. The van der Waals surface area contributed by atoms with Crippen LogP contribution in [0.3, 0.4) is 0 Å². The lowest BCUT2D eigenvalue weighted by molar-refractivity contribution is -0.137. The molecular formula is C29H46F3N3. The highest BCUT2D eigenvalue weighted by molar-refractivity contribution is 5.61. The minimum atomic E-state index is -4.34. The van der Waals surface area contributed by atoms with Crippen LogP contribution in [0.25, 0.3) is 11.3 Å². The molecule has 1 aliphatic carbocycles. The van der Waals surface area contributed by atoms with Crippen LogP contribution in [0.5, 0.6) is 0 Å². The summed E-state index contributed by atoms with van der Waals surface area (Å²) >= 11 is 0. The van der Waals surface area contributed by atoms with Crippen LogP contribution in [0.2, 0.25) is 0 Å². The molecule has 198 valence electrons. The number of hydrogen-bond acceptors (Lipinski definition) is 2. The number of hydrogen-bond donors (Lipinski definition) is 1. The Morgan fingerprint density at radius 2 is 1.77 bits per heavy atom. The van der Waals surface area contributed by atoms with E-state index in [2.05, 4.69) is 63.0 Å². The number of aromatic nitrogens is 2. The van der Waals surface area contributed by atoms with Crippen LogP contribution in [0.1, 0.15) is 92.1 Å². The first-order valence-electron chi connectivity index (χ1n) is 13.2. The third-order valence-electron chi connectivity index (χ3n) is 6.22. The number of anilines is 1. The van der Waals surface area contributed by atoms with Gasteiger partial charge in [-0.15, -0.1) is 0 Å². The summed E-state index contributed by atoms with van der Waals surface area (Å²) < 4.78 is 38.7. The summed E-state index contributed by atoms with van der Waals surface area (Å²) in [4.78, 5) is 9.75. The van der Waals surface area contributed by atoms with E-state index < -0.39 is 11.7 Å². The molecule has 1 aliphatic rings. The largest absolute Gasteiger partial charge is 0.416 e. The van der Waals surface area contributed by atoms with Crippen molar-refractivity contribution in [1.29, 1.82) is 0 Å². The number of halogens is 3. The van der Waals surface area contributed by atoms with Crippen molar-refractivity contribution in [3.05, 3.63) is 48.2 Å². The first-order valence-corrected chi connectivity index (χ1v) is 13.2. The summed E-state index contributed by atoms with van der Waals surface area (Å²) in [7, 11) is 0. The maximum absolute atomic E-state index is 12.9. The van der Waals surface area contributed by atoms with Crippen molar-refractivity contribution in [2.45, 2.75) is 92.7 Å². The van der Waals surface area contributed by atoms with Gasteiger partial charge in [-0.05, 0) is 56.6 Å². The van der Waals surface area contributed by atoms with Gasteiger partial charge < -0.3 is 9.88 Å². The van der Waals surface area contributed by atoms with Crippen LogP contribution >= 0.6 is 0 Å². The van der Waals surface area contributed by atoms with Gasteiger partial charge >= 0.3 is 6.18 Å². The second-order valence-corrected chi connectivity index (χ2v) is 9.61. The molecule has 0 aliphatic heterocycles. The van der Waals surface area contributed by atoms with Crippen molar-refractivity contribution < 1.29 is 13.2 Å². The molecule has 0 radical (unpaired) electrons. The molecule has 1 fully saturated rings.